The van der Waals surface area contributed by atoms with Crippen LogP contribution >= 0.6 is 0 Å². The van der Waals surface area contributed by atoms with E-state index in [1.165, 1.54) is 0 Å². The number of nitrogens with one attached hydrogen (secondary N) is 2. The van der Waals surface area contributed by atoms with E-state index in [9.17, 15) is 4.79 Å². The quantitative estimate of drug-likeness (QED) is 0.640. The number of carbonyl (C=O) groups excluding carboxylic acids is 1. The molecule has 20 heavy (non-hydrogen) atoms. The van der Waals surface area contributed by atoms with Gasteiger partial charge in [-0.2, -0.15) is 0 Å². The summed E-state index contributed by atoms with van der Waals surface area (Å²) in [5.74, 6) is -0.0186. The molecule has 1 aromatic carbocycles. The number of amides is 1. The average molecular weight is 277 g/mol. The van der Waals surface area contributed by atoms with Crippen LogP contribution in [0.3, 0.4) is 0 Å². The fraction of sp³-hybridized carbons (Fsp3) is 0.562. The topological polar surface area (TPSA) is 67.1 Å². The summed E-state index contributed by atoms with van der Waals surface area (Å²) in [4.78, 5) is 12.0. The highest BCUT2D eigenvalue weighted by Gasteiger charge is 2.08. The van der Waals surface area contributed by atoms with E-state index in [1.54, 1.807) is 0 Å². The third kappa shape index (κ3) is 6.06. The summed E-state index contributed by atoms with van der Waals surface area (Å²) in [6.07, 6.45) is 3.30. The Morgan fingerprint density at radius 2 is 1.95 bits per heavy atom. The molecule has 1 aromatic rings. The maximum absolute atomic E-state index is 12.0. The van der Waals surface area contributed by atoms with Crippen LogP contribution < -0.4 is 16.4 Å². The van der Waals surface area contributed by atoms with E-state index in [0.29, 0.717) is 5.56 Å². The smallest absolute Gasteiger partial charge is 0.251 e. The Bertz CT molecular complexity index is 430. The molecule has 0 spiro atoms. The monoisotopic (exact) mass is 277 g/mol. The maximum atomic E-state index is 12.0. The van der Waals surface area contributed by atoms with Gasteiger partial charge in [0.1, 0.15) is 0 Å². The lowest BCUT2D eigenvalue weighted by molar-refractivity contribution is 0.0943. The van der Waals surface area contributed by atoms with E-state index in [2.05, 4.69) is 16.7 Å². The van der Waals surface area contributed by atoms with Gasteiger partial charge in [-0.25, -0.2) is 0 Å². The Morgan fingerprint density at radius 1 is 1.20 bits per heavy atom. The summed E-state index contributed by atoms with van der Waals surface area (Å²) in [6.45, 7) is 7.60. The zero-order chi connectivity index (χ0) is 15.0. The highest BCUT2D eigenvalue weighted by Crippen LogP contribution is 2.15. The molecule has 4 N–H and O–H groups in total. The van der Waals surface area contributed by atoms with Crippen LogP contribution in [0.25, 0.3) is 0 Å². The van der Waals surface area contributed by atoms with Crippen LogP contribution in [-0.2, 0) is 0 Å². The van der Waals surface area contributed by atoms with Crippen LogP contribution in [0.15, 0.2) is 18.2 Å². The van der Waals surface area contributed by atoms with Crippen molar-refractivity contribution in [3.8, 4) is 0 Å². The van der Waals surface area contributed by atoms with Gasteiger partial charge in [0.2, 0.25) is 0 Å². The van der Waals surface area contributed by atoms with E-state index in [-0.39, 0.29) is 11.9 Å². The number of rotatable bonds is 8. The first-order valence-electron chi connectivity index (χ1n) is 7.39. The van der Waals surface area contributed by atoms with E-state index >= 15 is 0 Å². The molecule has 4 heteroatoms. The van der Waals surface area contributed by atoms with Gasteiger partial charge in [-0.05, 0) is 63.9 Å². The lowest BCUT2D eigenvalue weighted by atomic mass is 10.1. The SMILES string of the molecule is Cc1cc(NCCCCCN)cc(C(=O)NC(C)C)c1. The van der Waals surface area contributed by atoms with Crippen LogP contribution in [-0.4, -0.2) is 25.0 Å². The zero-order valence-electron chi connectivity index (χ0n) is 12.8. The largest absolute Gasteiger partial charge is 0.385 e. The Balaban J connectivity index is 2.59. The summed E-state index contributed by atoms with van der Waals surface area (Å²) in [6, 6.07) is 6.04. The highest BCUT2D eigenvalue weighted by atomic mass is 16.1. The molecule has 0 aliphatic carbocycles. The summed E-state index contributed by atoms with van der Waals surface area (Å²) < 4.78 is 0. The van der Waals surface area contributed by atoms with Crippen LogP contribution in [0.5, 0.6) is 0 Å². The van der Waals surface area contributed by atoms with Crippen molar-refractivity contribution in [2.45, 2.75) is 46.1 Å². The van der Waals surface area contributed by atoms with Crippen molar-refractivity contribution in [1.29, 1.82) is 0 Å². The summed E-state index contributed by atoms with van der Waals surface area (Å²) in [5, 5.41) is 6.29. The standard InChI is InChI=1S/C16H27N3O/c1-12(2)19-16(20)14-9-13(3)10-15(11-14)18-8-6-4-5-7-17/h9-12,18H,4-8,17H2,1-3H3,(H,19,20). The van der Waals surface area contributed by atoms with Gasteiger partial charge in [0.25, 0.3) is 5.91 Å². The van der Waals surface area contributed by atoms with Gasteiger partial charge >= 0.3 is 0 Å². The fourth-order valence-corrected chi connectivity index (χ4v) is 2.04. The first-order chi connectivity index (χ1) is 9.52. The van der Waals surface area contributed by atoms with Crippen molar-refractivity contribution >= 4 is 11.6 Å². The molecule has 0 atom stereocenters. The number of hydrogen-bond donors (Lipinski definition) is 3. The second kappa shape index (κ2) is 8.59. The van der Waals surface area contributed by atoms with Crippen molar-refractivity contribution in [3.63, 3.8) is 0 Å². The molecule has 4 nitrogen and oxygen atoms in total. The van der Waals surface area contributed by atoms with Gasteiger partial charge < -0.3 is 16.4 Å². The maximum Gasteiger partial charge on any atom is 0.251 e. The molecular formula is C16H27N3O. The van der Waals surface area contributed by atoms with Gasteiger partial charge in [-0.1, -0.05) is 6.42 Å². The summed E-state index contributed by atoms with van der Waals surface area (Å²) >= 11 is 0. The van der Waals surface area contributed by atoms with E-state index in [4.69, 9.17) is 5.73 Å². The van der Waals surface area contributed by atoms with Gasteiger partial charge in [0.15, 0.2) is 0 Å². The molecule has 0 saturated heterocycles. The van der Waals surface area contributed by atoms with E-state index in [0.717, 1.165) is 43.6 Å². The Hall–Kier alpha value is -1.55. The summed E-state index contributed by atoms with van der Waals surface area (Å²) in [5.41, 5.74) is 8.28. The third-order valence-electron chi connectivity index (χ3n) is 2.97. The molecule has 0 saturated carbocycles. The number of benzene rings is 1. The normalized spacial score (nSPS) is 10.7. The molecule has 0 aliphatic rings. The molecule has 0 unspecified atom stereocenters. The zero-order valence-corrected chi connectivity index (χ0v) is 12.8. The number of nitrogens with two attached hydrogens (primary N) is 1. The van der Waals surface area contributed by atoms with Gasteiger partial charge in [-0.3, -0.25) is 4.79 Å². The third-order valence-corrected chi connectivity index (χ3v) is 2.97. The Kier molecular flexibility index (Phi) is 7.09. The van der Waals surface area contributed by atoms with E-state index < -0.39 is 0 Å². The molecule has 0 heterocycles. The number of carbonyl (C=O) groups is 1. The van der Waals surface area contributed by atoms with Gasteiger partial charge in [-0.15, -0.1) is 0 Å². The number of unbranched alkanes of at least 4 members (excludes halogenated alkanes) is 2. The van der Waals surface area contributed by atoms with Crippen LogP contribution in [0.2, 0.25) is 0 Å². The number of anilines is 1. The molecule has 1 amide bonds. The Morgan fingerprint density at radius 3 is 2.60 bits per heavy atom. The fourth-order valence-electron chi connectivity index (χ4n) is 2.04. The number of aryl methyl sites for hydroxylation is 1. The second-order valence-corrected chi connectivity index (χ2v) is 5.49. The van der Waals surface area contributed by atoms with Crippen LogP contribution in [0.4, 0.5) is 5.69 Å². The number of hydrogen-bond acceptors (Lipinski definition) is 3. The van der Waals surface area contributed by atoms with Crippen molar-refractivity contribution in [3.05, 3.63) is 29.3 Å². The first-order valence-corrected chi connectivity index (χ1v) is 7.39. The van der Waals surface area contributed by atoms with E-state index in [1.807, 2.05) is 32.9 Å². The lowest BCUT2D eigenvalue weighted by Crippen LogP contribution is -2.30. The summed E-state index contributed by atoms with van der Waals surface area (Å²) in [7, 11) is 0. The Labute approximate surface area is 122 Å². The predicted octanol–water partition coefficient (Wildman–Crippen LogP) is 2.67. The van der Waals surface area contributed by atoms with Gasteiger partial charge in [0, 0.05) is 23.8 Å². The van der Waals surface area contributed by atoms with Crippen LogP contribution in [0.1, 0.15) is 49.0 Å². The van der Waals surface area contributed by atoms with Crippen molar-refractivity contribution in [2.24, 2.45) is 5.73 Å². The van der Waals surface area contributed by atoms with Crippen molar-refractivity contribution < 1.29 is 4.79 Å². The van der Waals surface area contributed by atoms with Gasteiger partial charge in [0.05, 0.1) is 0 Å². The molecule has 0 bridgehead atoms. The minimum Gasteiger partial charge on any atom is -0.385 e. The molecule has 112 valence electrons. The van der Waals surface area contributed by atoms with Crippen molar-refractivity contribution in [1.82, 2.24) is 5.32 Å². The molecule has 0 radical (unpaired) electrons. The van der Waals surface area contributed by atoms with Crippen molar-refractivity contribution in [2.75, 3.05) is 18.4 Å². The highest BCUT2D eigenvalue weighted by molar-refractivity contribution is 5.95. The molecule has 0 fully saturated rings. The minimum absolute atomic E-state index is 0.0186. The average Bonchev–Trinajstić information content (AvgIpc) is 2.37. The first kappa shape index (κ1) is 16.5. The van der Waals surface area contributed by atoms with Crippen LogP contribution in [0, 0.1) is 6.92 Å². The molecular weight excluding hydrogens is 250 g/mol. The molecule has 0 aromatic heterocycles. The minimum atomic E-state index is -0.0186. The second-order valence-electron chi connectivity index (χ2n) is 5.49. The lowest BCUT2D eigenvalue weighted by Gasteiger charge is -2.12. The molecule has 0 aliphatic heterocycles. The molecule has 1 rings (SSSR count). The predicted molar refractivity (Wildman–Crippen MR) is 85.2 cm³/mol.